The first kappa shape index (κ1) is 19.2. The predicted molar refractivity (Wildman–Crippen MR) is 98.7 cm³/mol. The van der Waals surface area contributed by atoms with Crippen molar-refractivity contribution in [3.05, 3.63) is 54.3 Å². The van der Waals surface area contributed by atoms with Gasteiger partial charge in [-0.05, 0) is 49.6 Å². The molecule has 0 unspecified atom stereocenters. The highest BCUT2D eigenvalue weighted by Gasteiger charge is 2.32. The Hall–Kier alpha value is -2.11. The van der Waals surface area contributed by atoms with Gasteiger partial charge in [0.2, 0.25) is 5.91 Å². The molecule has 1 saturated carbocycles. The van der Waals surface area contributed by atoms with Crippen LogP contribution >= 0.6 is 12.4 Å². The number of benzene rings is 2. The smallest absolute Gasteiger partial charge is 0.227 e. The average Bonchev–Trinajstić information content (AvgIpc) is 3.07. The van der Waals surface area contributed by atoms with Gasteiger partial charge in [-0.2, -0.15) is 0 Å². The molecule has 1 aliphatic carbocycles. The van der Waals surface area contributed by atoms with Crippen molar-refractivity contribution < 1.29 is 13.9 Å². The lowest BCUT2D eigenvalue weighted by Gasteiger charge is -2.19. The lowest BCUT2D eigenvalue weighted by Crippen LogP contribution is -2.29. The molecule has 0 bridgehead atoms. The van der Waals surface area contributed by atoms with E-state index in [1.165, 1.54) is 18.2 Å². The van der Waals surface area contributed by atoms with Crippen LogP contribution in [-0.2, 0) is 4.79 Å². The summed E-state index contributed by atoms with van der Waals surface area (Å²) in [5.74, 6) is 0.567. The number of rotatable bonds is 5. The molecule has 25 heavy (non-hydrogen) atoms. The number of nitrogens with two attached hydrogens (primary N) is 1. The molecular formula is C19H22ClFN2O2. The van der Waals surface area contributed by atoms with E-state index >= 15 is 0 Å². The molecule has 1 fully saturated rings. The lowest BCUT2D eigenvalue weighted by molar-refractivity contribution is -0.120. The highest BCUT2D eigenvalue weighted by atomic mass is 35.5. The van der Waals surface area contributed by atoms with E-state index in [1.807, 2.05) is 18.2 Å². The van der Waals surface area contributed by atoms with Crippen LogP contribution < -0.4 is 15.8 Å². The molecule has 2 aromatic rings. The van der Waals surface area contributed by atoms with Gasteiger partial charge in [-0.3, -0.25) is 4.79 Å². The minimum absolute atomic E-state index is 0. The van der Waals surface area contributed by atoms with Crippen LogP contribution in [0.2, 0.25) is 0 Å². The van der Waals surface area contributed by atoms with Gasteiger partial charge in [0.15, 0.2) is 5.75 Å². The largest absolute Gasteiger partial charge is 0.455 e. The minimum Gasteiger partial charge on any atom is -0.455 e. The van der Waals surface area contributed by atoms with E-state index in [-0.39, 0.29) is 30.2 Å². The van der Waals surface area contributed by atoms with Crippen LogP contribution in [0.4, 0.5) is 10.1 Å². The second kappa shape index (κ2) is 8.83. The van der Waals surface area contributed by atoms with Crippen molar-refractivity contribution in [2.75, 3.05) is 11.9 Å². The van der Waals surface area contributed by atoms with Crippen molar-refractivity contribution >= 4 is 24.0 Å². The molecule has 0 radical (unpaired) electrons. The SMILES string of the molecule is Cl.NC[C@H]1CCC[C@H]1C(=O)Nc1cc(F)ccc1Oc1ccccc1. The molecule has 4 nitrogen and oxygen atoms in total. The Bertz CT molecular complexity index is 712. The second-order valence-electron chi connectivity index (χ2n) is 6.08. The summed E-state index contributed by atoms with van der Waals surface area (Å²) in [6.07, 6.45) is 2.78. The van der Waals surface area contributed by atoms with Gasteiger partial charge in [-0.15, -0.1) is 12.4 Å². The molecule has 0 spiro atoms. The Labute approximate surface area is 153 Å². The van der Waals surface area contributed by atoms with Crippen LogP contribution in [0.1, 0.15) is 19.3 Å². The normalized spacial score (nSPS) is 19.1. The zero-order valence-electron chi connectivity index (χ0n) is 13.8. The lowest BCUT2D eigenvalue weighted by atomic mass is 9.95. The first-order chi connectivity index (χ1) is 11.7. The van der Waals surface area contributed by atoms with Crippen molar-refractivity contribution in [1.29, 1.82) is 0 Å². The van der Waals surface area contributed by atoms with E-state index in [9.17, 15) is 9.18 Å². The summed E-state index contributed by atoms with van der Waals surface area (Å²) in [4.78, 5) is 12.6. The molecule has 0 heterocycles. The fourth-order valence-corrected chi connectivity index (χ4v) is 3.19. The monoisotopic (exact) mass is 364 g/mol. The van der Waals surface area contributed by atoms with Crippen LogP contribution in [0, 0.1) is 17.7 Å². The van der Waals surface area contributed by atoms with Crippen molar-refractivity contribution in [2.24, 2.45) is 17.6 Å². The number of hydrogen-bond donors (Lipinski definition) is 2. The van der Waals surface area contributed by atoms with E-state index in [0.29, 0.717) is 23.7 Å². The number of hydrogen-bond acceptors (Lipinski definition) is 3. The third-order valence-corrected chi connectivity index (χ3v) is 4.47. The number of nitrogens with one attached hydrogen (secondary N) is 1. The second-order valence-corrected chi connectivity index (χ2v) is 6.08. The van der Waals surface area contributed by atoms with Crippen LogP contribution in [0.15, 0.2) is 48.5 Å². The van der Waals surface area contributed by atoms with Gasteiger partial charge < -0.3 is 15.8 Å². The van der Waals surface area contributed by atoms with E-state index in [0.717, 1.165) is 19.3 Å². The highest BCUT2D eigenvalue weighted by molar-refractivity contribution is 5.94. The Morgan fingerprint density at radius 1 is 1.20 bits per heavy atom. The van der Waals surface area contributed by atoms with Crippen LogP contribution in [0.5, 0.6) is 11.5 Å². The topological polar surface area (TPSA) is 64.4 Å². The maximum atomic E-state index is 13.6. The van der Waals surface area contributed by atoms with Gasteiger partial charge in [0.1, 0.15) is 11.6 Å². The first-order valence-corrected chi connectivity index (χ1v) is 8.21. The van der Waals surface area contributed by atoms with E-state index in [2.05, 4.69) is 5.32 Å². The summed E-state index contributed by atoms with van der Waals surface area (Å²) in [6.45, 7) is 0.495. The molecule has 2 aromatic carbocycles. The predicted octanol–water partition coefficient (Wildman–Crippen LogP) is 4.35. The molecule has 0 aromatic heterocycles. The summed E-state index contributed by atoms with van der Waals surface area (Å²) in [7, 11) is 0. The zero-order valence-corrected chi connectivity index (χ0v) is 14.6. The van der Waals surface area contributed by atoms with Gasteiger partial charge in [-0.25, -0.2) is 4.39 Å². The number of carbonyl (C=O) groups is 1. The van der Waals surface area contributed by atoms with Crippen LogP contribution in [0.25, 0.3) is 0 Å². The summed E-state index contributed by atoms with van der Waals surface area (Å²) in [5.41, 5.74) is 6.09. The maximum absolute atomic E-state index is 13.6. The molecule has 0 aliphatic heterocycles. The molecular weight excluding hydrogens is 343 g/mol. The Kier molecular flexibility index (Phi) is 6.79. The van der Waals surface area contributed by atoms with Crippen molar-refractivity contribution in [1.82, 2.24) is 0 Å². The average molecular weight is 365 g/mol. The molecule has 1 amide bonds. The summed E-state index contributed by atoms with van der Waals surface area (Å²) < 4.78 is 19.4. The minimum atomic E-state index is -0.424. The number of amides is 1. The first-order valence-electron chi connectivity index (χ1n) is 8.21. The molecule has 3 N–H and O–H groups in total. The summed E-state index contributed by atoms with van der Waals surface area (Å²) in [6, 6.07) is 13.3. The molecule has 0 saturated heterocycles. The fourth-order valence-electron chi connectivity index (χ4n) is 3.19. The van der Waals surface area contributed by atoms with Gasteiger partial charge in [-0.1, -0.05) is 24.6 Å². The van der Waals surface area contributed by atoms with Gasteiger partial charge in [0, 0.05) is 12.0 Å². The molecule has 6 heteroatoms. The molecule has 134 valence electrons. The zero-order chi connectivity index (χ0) is 16.9. The molecule has 2 atom stereocenters. The molecule has 1 aliphatic rings. The quantitative estimate of drug-likeness (QED) is 0.828. The number of halogens is 2. The summed E-state index contributed by atoms with van der Waals surface area (Å²) in [5, 5.41) is 2.82. The van der Waals surface area contributed by atoms with Crippen molar-refractivity contribution in [3.63, 3.8) is 0 Å². The van der Waals surface area contributed by atoms with Crippen molar-refractivity contribution in [2.45, 2.75) is 19.3 Å². The van der Waals surface area contributed by atoms with E-state index in [1.54, 1.807) is 12.1 Å². The van der Waals surface area contributed by atoms with Crippen LogP contribution in [-0.4, -0.2) is 12.5 Å². The Morgan fingerprint density at radius 3 is 2.68 bits per heavy atom. The van der Waals surface area contributed by atoms with E-state index in [4.69, 9.17) is 10.5 Å². The van der Waals surface area contributed by atoms with E-state index < -0.39 is 5.82 Å². The number of anilines is 1. The third kappa shape index (κ3) is 4.71. The number of ether oxygens (including phenoxy) is 1. The van der Waals surface area contributed by atoms with Gasteiger partial charge in [0.05, 0.1) is 5.69 Å². The van der Waals surface area contributed by atoms with Crippen LogP contribution in [0.3, 0.4) is 0 Å². The fraction of sp³-hybridized carbons (Fsp3) is 0.316. The molecule has 3 rings (SSSR count). The standard InChI is InChI=1S/C19H21FN2O2.ClH/c20-14-9-10-18(24-15-6-2-1-3-7-15)17(11-14)22-19(23)16-8-4-5-13(16)12-21;/h1-3,6-7,9-11,13,16H,4-5,8,12,21H2,(H,22,23);1H/t13-,16-;/m1./s1. The summed E-state index contributed by atoms with van der Waals surface area (Å²) >= 11 is 0. The van der Waals surface area contributed by atoms with Gasteiger partial charge >= 0.3 is 0 Å². The number of carbonyl (C=O) groups excluding carboxylic acids is 1. The third-order valence-electron chi connectivity index (χ3n) is 4.47. The maximum Gasteiger partial charge on any atom is 0.227 e. The Balaban J connectivity index is 0.00000225. The van der Waals surface area contributed by atoms with Gasteiger partial charge in [0.25, 0.3) is 0 Å². The highest BCUT2D eigenvalue weighted by Crippen LogP contribution is 2.34. The Morgan fingerprint density at radius 2 is 1.96 bits per heavy atom. The number of para-hydroxylation sites is 1. The van der Waals surface area contributed by atoms with Crippen molar-refractivity contribution in [3.8, 4) is 11.5 Å².